The van der Waals surface area contributed by atoms with Gasteiger partial charge < -0.3 is 15.2 Å². The lowest BCUT2D eigenvalue weighted by Gasteiger charge is -2.19. The molecule has 5 nitrogen and oxygen atoms in total. The number of carboxylic acid groups (broad SMARTS) is 1. The molecule has 0 aliphatic heterocycles. The van der Waals surface area contributed by atoms with Gasteiger partial charge in [0.15, 0.2) is 0 Å². The number of carbonyl (C=O) groups is 2. The van der Waals surface area contributed by atoms with Crippen LogP contribution in [0.25, 0.3) is 11.1 Å². The van der Waals surface area contributed by atoms with Crippen LogP contribution in [0.15, 0.2) is 71.2 Å². The third kappa shape index (κ3) is 4.60. The maximum absolute atomic E-state index is 12.6. The van der Waals surface area contributed by atoms with Crippen molar-refractivity contribution in [3.05, 3.63) is 92.9 Å². The summed E-state index contributed by atoms with van der Waals surface area (Å²) >= 11 is 9.44. The van der Waals surface area contributed by atoms with Crippen molar-refractivity contribution in [2.45, 2.75) is 18.4 Å². The minimum Gasteiger partial charge on any atom is -0.481 e. The molecular formula is C24H19BrClNO4. The van der Waals surface area contributed by atoms with Crippen LogP contribution in [-0.4, -0.2) is 23.8 Å². The number of rotatable bonds is 6. The van der Waals surface area contributed by atoms with Crippen LogP contribution in [0, 0.1) is 0 Å². The van der Waals surface area contributed by atoms with Gasteiger partial charge in [-0.1, -0.05) is 66.2 Å². The number of ether oxygens (including phenoxy) is 1. The van der Waals surface area contributed by atoms with E-state index >= 15 is 0 Å². The molecule has 4 rings (SSSR count). The number of hydrogen-bond acceptors (Lipinski definition) is 3. The molecule has 1 aliphatic carbocycles. The van der Waals surface area contributed by atoms with E-state index in [0.29, 0.717) is 15.1 Å². The highest BCUT2D eigenvalue weighted by Gasteiger charge is 2.29. The van der Waals surface area contributed by atoms with E-state index < -0.39 is 18.1 Å². The molecule has 0 aromatic heterocycles. The lowest BCUT2D eigenvalue weighted by molar-refractivity contribution is -0.137. The van der Waals surface area contributed by atoms with E-state index in [2.05, 4.69) is 33.4 Å². The van der Waals surface area contributed by atoms with Crippen LogP contribution in [0.1, 0.15) is 35.1 Å². The molecule has 31 heavy (non-hydrogen) atoms. The zero-order valence-corrected chi connectivity index (χ0v) is 18.7. The monoisotopic (exact) mass is 499 g/mol. The molecule has 0 saturated carbocycles. The Morgan fingerprint density at radius 1 is 1.03 bits per heavy atom. The summed E-state index contributed by atoms with van der Waals surface area (Å²) in [6, 6.07) is 20.4. The van der Waals surface area contributed by atoms with Crippen LogP contribution in [0.2, 0.25) is 5.02 Å². The third-order valence-electron chi connectivity index (χ3n) is 5.36. The van der Waals surface area contributed by atoms with Crippen LogP contribution >= 0.6 is 27.5 Å². The van der Waals surface area contributed by atoms with Gasteiger partial charge >= 0.3 is 12.1 Å². The van der Waals surface area contributed by atoms with Gasteiger partial charge in [-0.2, -0.15) is 0 Å². The van der Waals surface area contributed by atoms with E-state index in [1.807, 2.05) is 36.4 Å². The van der Waals surface area contributed by atoms with Gasteiger partial charge in [0.2, 0.25) is 0 Å². The Morgan fingerprint density at radius 3 is 2.23 bits per heavy atom. The summed E-state index contributed by atoms with van der Waals surface area (Å²) in [5.74, 6) is -1.11. The Hall–Kier alpha value is -2.83. The Balaban J connectivity index is 1.49. The number of hydrogen-bond donors (Lipinski definition) is 2. The van der Waals surface area contributed by atoms with Crippen molar-refractivity contribution < 1.29 is 19.4 Å². The summed E-state index contributed by atoms with van der Waals surface area (Å²) in [7, 11) is 0. The molecule has 0 unspecified atom stereocenters. The lowest BCUT2D eigenvalue weighted by Crippen LogP contribution is -2.31. The zero-order valence-electron chi connectivity index (χ0n) is 16.3. The smallest absolute Gasteiger partial charge is 0.407 e. The molecule has 0 saturated heterocycles. The number of carboxylic acids is 1. The lowest BCUT2D eigenvalue weighted by atomic mass is 9.98. The van der Waals surface area contributed by atoms with E-state index in [9.17, 15) is 14.7 Å². The third-order valence-corrected chi connectivity index (χ3v) is 6.59. The molecule has 0 spiro atoms. The van der Waals surface area contributed by atoms with Crippen molar-refractivity contribution in [3.8, 4) is 11.1 Å². The molecule has 1 atom stereocenters. The zero-order chi connectivity index (χ0) is 22.0. The van der Waals surface area contributed by atoms with E-state index in [-0.39, 0.29) is 18.9 Å². The van der Waals surface area contributed by atoms with Gasteiger partial charge in [0.25, 0.3) is 0 Å². The summed E-state index contributed by atoms with van der Waals surface area (Å²) in [6.45, 7) is 0.154. The Morgan fingerprint density at radius 2 is 1.65 bits per heavy atom. The summed E-state index contributed by atoms with van der Waals surface area (Å²) in [6.07, 6.45) is -0.963. The number of alkyl carbamates (subject to hydrolysis) is 1. The van der Waals surface area contributed by atoms with Crippen LogP contribution < -0.4 is 5.32 Å². The molecule has 0 heterocycles. The molecule has 3 aromatic carbocycles. The Bertz CT molecular complexity index is 1100. The predicted octanol–water partition coefficient (Wildman–Crippen LogP) is 6.16. The fourth-order valence-electron chi connectivity index (χ4n) is 3.94. The molecule has 3 aromatic rings. The SMILES string of the molecule is O=C(O)C[C@@H](NC(=O)OCC1c2ccccc2-c2ccccc21)c1ccc(Br)c(Cl)c1. The number of fused-ring (bicyclic) bond motifs is 3. The van der Waals surface area contributed by atoms with Crippen molar-refractivity contribution >= 4 is 39.6 Å². The standard InChI is InChI=1S/C24H19BrClNO4/c25-20-10-9-14(11-21(20)26)22(12-23(28)29)27-24(30)31-13-19-17-7-3-1-5-15(17)16-6-2-4-8-18(16)19/h1-11,19,22H,12-13H2,(H,27,30)(H,28,29)/t22-/m1/s1. The number of carbonyl (C=O) groups excluding carboxylic acids is 1. The maximum atomic E-state index is 12.6. The first kappa shape index (κ1) is 21.4. The highest BCUT2D eigenvalue weighted by molar-refractivity contribution is 9.10. The van der Waals surface area contributed by atoms with E-state index in [1.165, 1.54) is 0 Å². The van der Waals surface area contributed by atoms with Crippen LogP contribution in [0.5, 0.6) is 0 Å². The van der Waals surface area contributed by atoms with Crippen molar-refractivity contribution in [1.29, 1.82) is 0 Å². The minimum absolute atomic E-state index is 0.0711. The molecule has 0 bridgehead atoms. The average Bonchev–Trinajstić information content (AvgIpc) is 3.07. The minimum atomic E-state index is -1.04. The molecule has 1 aliphatic rings. The molecule has 1 amide bonds. The summed E-state index contributed by atoms with van der Waals surface area (Å²) < 4.78 is 6.23. The van der Waals surface area contributed by atoms with Crippen molar-refractivity contribution in [2.75, 3.05) is 6.61 Å². The number of halogens is 2. The largest absolute Gasteiger partial charge is 0.481 e. The number of nitrogens with one attached hydrogen (secondary N) is 1. The highest BCUT2D eigenvalue weighted by Crippen LogP contribution is 2.44. The summed E-state index contributed by atoms with van der Waals surface area (Å²) in [4.78, 5) is 23.9. The van der Waals surface area contributed by atoms with Crippen molar-refractivity contribution in [3.63, 3.8) is 0 Å². The molecule has 0 radical (unpaired) electrons. The number of aliphatic carboxylic acids is 1. The van der Waals surface area contributed by atoms with E-state index in [1.54, 1.807) is 18.2 Å². The summed E-state index contributed by atoms with van der Waals surface area (Å²) in [5.41, 5.74) is 5.08. The molecule has 0 fully saturated rings. The van der Waals surface area contributed by atoms with E-state index in [4.69, 9.17) is 16.3 Å². The average molecular weight is 501 g/mol. The van der Waals surface area contributed by atoms with Crippen LogP contribution in [0.3, 0.4) is 0 Å². The second-order valence-corrected chi connectivity index (χ2v) is 8.56. The fourth-order valence-corrected chi connectivity index (χ4v) is 4.37. The quantitative estimate of drug-likeness (QED) is 0.425. The van der Waals surface area contributed by atoms with Gasteiger partial charge in [-0.05, 0) is 55.9 Å². The van der Waals surface area contributed by atoms with Gasteiger partial charge in [-0.3, -0.25) is 4.79 Å². The highest BCUT2D eigenvalue weighted by atomic mass is 79.9. The summed E-state index contributed by atoms with van der Waals surface area (Å²) in [5, 5.41) is 12.4. The molecule has 158 valence electrons. The normalized spacial score (nSPS) is 13.2. The van der Waals surface area contributed by atoms with Gasteiger partial charge in [0, 0.05) is 10.4 Å². The van der Waals surface area contributed by atoms with Crippen molar-refractivity contribution in [2.24, 2.45) is 0 Å². The molecule has 7 heteroatoms. The number of benzene rings is 3. The second kappa shape index (κ2) is 9.12. The number of amides is 1. The topological polar surface area (TPSA) is 75.6 Å². The first-order valence-electron chi connectivity index (χ1n) is 9.72. The Labute approximate surface area is 193 Å². The van der Waals surface area contributed by atoms with Crippen molar-refractivity contribution in [1.82, 2.24) is 5.32 Å². The maximum Gasteiger partial charge on any atom is 0.407 e. The second-order valence-electron chi connectivity index (χ2n) is 7.29. The van der Waals surface area contributed by atoms with Gasteiger partial charge in [0.05, 0.1) is 17.5 Å². The predicted molar refractivity (Wildman–Crippen MR) is 122 cm³/mol. The molecular weight excluding hydrogens is 482 g/mol. The van der Waals surface area contributed by atoms with Crippen LogP contribution in [0.4, 0.5) is 4.79 Å². The van der Waals surface area contributed by atoms with E-state index in [0.717, 1.165) is 22.3 Å². The van der Waals surface area contributed by atoms with Crippen LogP contribution in [-0.2, 0) is 9.53 Å². The molecule has 2 N–H and O–H groups in total. The van der Waals surface area contributed by atoms with Gasteiger partial charge in [-0.15, -0.1) is 0 Å². The van der Waals surface area contributed by atoms with Gasteiger partial charge in [0.1, 0.15) is 6.61 Å². The first-order chi connectivity index (χ1) is 14.9. The fraction of sp³-hybridized carbons (Fsp3) is 0.167. The Kier molecular flexibility index (Phi) is 6.30. The first-order valence-corrected chi connectivity index (χ1v) is 10.9. The van der Waals surface area contributed by atoms with Gasteiger partial charge in [-0.25, -0.2) is 4.79 Å².